The smallest absolute Gasteiger partial charge is 0.287 e. The van der Waals surface area contributed by atoms with Gasteiger partial charge < -0.3 is 29.6 Å². The number of allylic oxidation sites excluding steroid dienone is 1. The Labute approximate surface area is 213 Å². The zero-order valence-corrected chi connectivity index (χ0v) is 20.5. The van der Waals surface area contributed by atoms with E-state index in [1.165, 1.54) is 18.3 Å². The zero-order valence-electron chi connectivity index (χ0n) is 20.5. The molecule has 1 amide bonds. The van der Waals surface area contributed by atoms with Gasteiger partial charge >= 0.3 is 0 Å². The summed E-state index contributed by atoms with van der Waals surface area (Å²) in [5.41, 5.74) is 1.59. The number of carbonyl (C=O) groups excluding carboxylic acids is 1. The summed E-state index contributed by atoms with van der Waals surface area (Å²) in [6, 6.07) is 10.6. The van der Waals surface area contributed by atoms with Gasteiger partial charge in [-0.1, -0.05) is 18.2 Å². The van der Waals surface area contributed by atoms with Crippen LogP contribution in [0.25, 0.3) is 11.0 Å². The Balaban J connectivity index is 1.48. The fraction of sp³-hybridized carbons (Fsp3) is 0.385. The molecule has 1 aromatic carbocycles. The van der Waals surface area contributed by atoms with Crippen molar-refractivity contribution in [2.45, 2.75) is 32.0 Å². The Morgan fingerprint density at radius 1 is 1.24 bits per heavy atom. The fourth-order valence-electron chi connectivity index (χ4n) is 4.43. The molecule has 3 aromatic rings. The average molecular weight is 511 g/mol. The van der Waals surface area contributed by atoms with E-state index in [-0.39, 0.29) is 42.3 Å². The van der Waals surface area contributed by atoms with Gasteiger partial charge in [-0.2, -0.15) is 0 Å². The third kappa shape index (κ3) is 6.25. The Kier molecular flexibility index (Phi) is 8.70. The molecular weight excluding hydrogens is 480 g/mol. The van der Waals surface area contributed by atoms with E-state index in [1.54, 1.807) is 12.3 Å². The second-order valence-corrected chi connectivity index (χ2v) is 8.56. The number of pyridine rings is 1. The molecule has 3 N–H and O–H groups in total. The number of aliphatic hydroxyl groups excluding tert-OH is 1. The van der Waals surface area contributed by atoms with Crippen LogP contribution in [0.3, 0.4) is 0 Å². The van der Waals surface area contributed by atoms with Crippen molar-refractivity contribution in [1.29, 1.82) is 0 Å². The zero-order chi connectivity index (χ0) is 26.2. The van der Waals surface area contributed by atoms with Gasteiger partial charge in [0.25, 0.3) is 11.6 Å². The van der Waals surface area contributed by atoms with Crippen LogP contribution >= 0.6 is 0 Å². The molecule has 11 nitrogen and oxygen atoms in total. The van der Waals surface area contributed by atoms with Gasteiger partial charge in [0, 0.05) is 55.2 Å². The number of nitrogens with zero attached hydrogens (tertiary/aromatic N) is 2. The van der Waals surface area contributed by atoms with Crippen molar-refractivity contribution in [1.82, 2.24) is 10.3 Å². The number of ether oxygens (including phenoxy) is 2. The lowest BCUT2D eigenvalue weighted by Crippen LogP contribution is -2.39. The quantitative estimate of drug-likeness (QED) is 0.188. The van der Waals surface area contributed by atoms with Crippen molar-refractivity contribution >= 4 is 28.4 Å². The molecule has 3 heterocycles. The highest BCUT2D eigenvalue weighted by molar-refractivity contribution is 5.92. The number of benzene rings is 1. The van der Waals surface area contributed by atoms with Crippen molar-refractivity contribution in [3.05, 3.63) is 76.4 Å². The number of fused-ring (bicyclic) bond motifs is 1. The van der Waals surface area contributed by atoms with Crippen LogP contribution in [-0.2, 0) is 14.3 Å². The highest BCUT2D eigenvalue weighted by Gasteiger charge is 2.39. The molecule has 1 aliphatic heterocycles. The van der Waals surface area contributed by atoms with Gasteiger partial charge in [0.2, 0.25) is 6.29 Å². The van der Waals surface area contributed by atoms with Gasteiger partial charge in [0.05, 0.1) is 11.2 Å². The Morgan fingerprint density at radius 3 is 2.81 bits per heavy atom. The normalized spacial score (nSPS) is 19.2. The van der Waals surface area contributed by atoms with Crippen LogP contribution in [-0.4, -0.2) is 53.5 Å². The molecular formula is C26H30N4O7. The molecule has 11 heteroatoms. The van der Waals surface area contributed by atoms with E-state index >= 15 is 0 Å². The molecule has 4 rings (SSSR count). The molecule has 0 spiro atoms. The molecule has 196 valence electrons. The summed E-state index contributed by atoms with van der Waals surface area (Å²) in [4.78, 5) is 27.3. The maximum absolute atomic E-state index is 13.0. The van der Waals surface area contributed by atoms with E-state index < -0.39 is 11.2 Å². The first kappa shape index (κ1) is 26.1. The van der Waals surface area contributed by atoms with Crippen LogP contribution in [0.4, 0.5) is 11.5 Å². The summed E-state index contributed by atoms with van der Waals surface area (Å²) in [6.45, 7) is 2.94. The number of hydrogen-bond donors (Lipinski definition) is 3. The molecule has 0 bridgehead atoms. The molecule has 37 heavy (non-hydrogen) atoms. The standard InChI is InChI=1S/C26H30N4O7/c1-2-35-26-19(7-5-13-31)20(21-16-36-22-8-4-3-6-18(21)22)14-23(37-26)25(32)28-12-11-27-24-10-9-17(15-29-24)30(33)34/h3-4,6,8-10,14-16,19-20,26,31H,2,5,7,11-13H2,1H3,(H,27,29)(H,28,32)/t19-,20+,26-/m1/s1. The number of carbonyl (C=O) groups is 1. The summed E-state index contributed by atoms with van der Waals surface area (Å²) in [7, 11) is 0. The van der Waals surface area contributed by atoms with Crippen LogP contribution in [0.2, 0.25) is 0 Å². The maximum Gasteiger partial charge on any atom is 0.287 e. The van der Waals surface area contributed by atoms with Crippen LogP contribution in [0, 0.1) is 16.0 Å². The largest absolute Gasteiger partial charge is 0.464 e. The topological polar surface area (TPSA) is 149 Å². The molecule has 0 saturated heterocycles. The number of aromatic nitrogens is 1. The third-order valence-corrected chi connectivity index (χ3v) is 6.18. The SMILES string of the molecule is CCO[C@@H]1OC(C(=O)NCCNc2ccc([N+](=O)[O-])cn2)=C[C@H](c2coc3ccccc23)[C@H]1CCCO. The number of amides is 1. The number of nitrogens with one attached hydrogen (secondary N) is 2. The van der Waals surface area contributed by atoms with Gasteiger partial charge in [-0.3, -0.25) is 14.9 Å². The van der Waals surface area contributed by atoms with E-state index in [0.29, 0.717) is 31.8 Å². The molecule has 0 unspecified atom stereocenters. The van der Waals surface area contributed by atoms with Crippen molar-refractivity contribution in [3.63, 3.8) is 0 Å². The van der Waals surface area contributed by atoms with Crippen molar-refractivity contribution < 1.29 is 28.7 Å². The van der Waals surface area contributed by atoms with E-state index in [9.17, 15) is 20.0 Å². The van der Waals surface area contributed by atoms with Gasteiger partial charge in [-0.25, -0.2) is 4.98 Å². The predicted molar refractivity (Wildman–Crippen MR) is 136 cm³/mol. The molecule has 3 atom stereocenters. The van der Waals surface area contributed by atoms with Crippen molar-refractivity contribution in [3.8, 4) is 0 Å². The van der Waals surface area contributed by atoms with Gasteiger partial charge in [0.15, 0.2) is 5.76 Å². The first-order valence-electron chi connectivity index (χ1n) is 12.2. The Hall–Kier alpha value is -3.96. The number of anilines is 1. The van der Waals surface area contributed by atoms with Crippen LogP contribution in [0.5, 0.6) is 0 Å². The molecule has 0 fully saturated rings. The van der Waals surface area contributed by atoms with E-state index in [4.69, 9.17) is 13.9 Å². The average Bonchev–Trinajstić information content (AvgIpc) is 3.34. The third-order valence-electron chi connectivity index (χ3n) is 6.18. The maximum atomic E-state index is 13.0. The van der Waals surface area contributed by atoms with E-state index in [1.807, 2.05) is 31.2 Å². The number of furan rings is 1. The van der Waals surface area contributed by atoms with E-state index in [2.05, 4.69) is 15.6 Å². The minimum Gasteiger partial charge on any atom is -0.464 e. The number of aliphatic hydroxyl groups is 1. The minimum absolute atomic E-state index is 0.0435. The minimum atomic E-state index is -0.664. The number of nitro groups is 1. The monoisotopic (exact) mass is 510 g/mol. The van der Waals surface area contributed by atoms with Crippen molar-refractivity contribution in [2.75, 3.05) is 31.6 Å². The first-order chi connectivity index (χ1) is 18.0. The fourth-order valence-corrected chi connectivity index (χ4v) is 4.43. The van der Waals surface area contributed by atoms with Crippen LogP contribution in [0.1, 0.15) is 31.2 Å². The van der Waals surface area contributed by atoms with Gasteiger partial charge in [-0.15, -0.1) is 0 Å². The van der Waals surface area contributed by atoms with Crippen LogP contribution in [0.15, 0.2) is 65.1 Å². The van der Waals surface area contributed by atoms with Gasteiger partial charge in [0.1, 0.15) is 17.6 Å². The van der Waals surface area contributed by atoms with Gasteiger partial charge in [-0.05, 0) is 38.0 Å². The number of para-hydroxylation sites is 1. The molecule has 0 saturated carbocycles. The summed E-state index contributed by atoms with van der Waals surface area (Å²) in [5, 5.41) is 27.0. The molecule has 2 aromatic heterocycles. The Morgan fingerprint density at radius 2 is 2.08 bits per heavy atom. The molecule has 1 aliphatic rings. The number of hydrogen-bond acceptors (Lipinski definition) is 9. The molecule has 0 radical (unpaired) electrons. The Bertz CT molecular complexity index is 1240. The summed E-state index contributed by atoms with van der Waals surface area (Å²) < 4.78 is 17.7. The lowest BCUT2D eigenvalue weighted by molar-refractivity contribution is -0.385. The first-order valence-corrected chi connectivity index (χ1v) is 12.2. The highest BCUT2D eigenvalue weighted by atomic mass is 16.7. The molecule has 0 aliphatic carbocycles. The van der Waals surface area contributed by atoms with Crippen molar-refractivity contribution in [2.24, 2.45) is 5.92 Å². The number of rotatable bonds is 12. The second kappa shape index (κ2) is 12.3. The second-order valence-electron chi connectivity index (χ2n) is 8.56. The van der Waals surface area contributed by atoms with E-state index in [0.717, 1.165) is 16.5 Å². The lowest BCUT2D eigenvalue weighted by Gasteiger charge is -2.36. The lowest BCUT2D eigenvalue weighted by atomic mass is 9.80. The summed E-state index contributed by atoms with van der Waals surface area (Å²) in [5.74, 6) is -0.116. The predicted octanol–water partition coefficient (Wildman–Crippen LogP) is 3.71. The van der Waals surface area contributed by atoms with Crippen LogP contribution < -0.4 is 10.6 Å². The summed E-state index contributed by atoms with van der Waals surface area (Å²) >= 11 is 0. The highest BCUT2D eigenvalue weighted by Crippen LogP contribution is 2.42. The summed E-state index contributed by atoms with van der Waals surface area (Å²) in [6.07, 6.45) is 5.23.